The van der Waals surface area contributed by atoms with Crippen LogP contribution in [0, 0.1) is 12.3 Å². The van der Waals surface area contributed by atoms with Crippen LogP contribution in [0.5, 0.6) is 5.75 Å². The molecule has 1 aromatic carbocycles. The number of hydrogen-bond acceptors (Lipinski definition) is 3. The van der Waals surface area contributed by atoms with Crippen molar-refractivity contribution in [1.29, 1.82) is 0 Å². The molecule has 0 aliphatic carbocycles. The van der Waals surface area contributed by atoms with E-state index in [2.05, 4.69) is 32.5 Å². The fourth-order valence-electron chi connectivity index (χ4n) is 1.60. The molecule has 108 valence electrons. The first kappa shape index (κ1) is 16.5. The van der Waals surface area contributed by atoms with E-state index >= 15 is 0 Å². The standard InChI is InChI=1S/C15H19BrN2O2/c1-4-9-18-15(19)11(3)20-14-12(10-17-5-2)7-6-8-13(14)16/h1,6-8,11,17H,5,9-10H2,2-3H3,(H,18,19). The lowest BCUT2D eigenvalue weighted by Gasteiger charge is -2.18. The molecule has 0 fully saturated rings. The Morgan fingerprint density at radius 2 is 2.30 bits per heavy atom. The second-order valence-electron chi connectivity index (χ2n) is 4.19. The van der Waals surface area contributed by atoms with Crippen molar-refractivity contribution in [2.24, 2.45) is 0 Å². The number of benzene rings is 1. The number of carbonyl (C=O) groups is 1. The number of halogens is 1. The lowest BCUT2D eigenvalue weighted by molar-refractivity contribution is -0.127. The van der Waals surface area contributed by atoms with E-state index in [1.807, 2.05) is 25.1 Å². The second kappa shape index (κ2) is 8.62. The Bertz CT molecular complexity index is 497. The molecule has 0 radical (unpaired) electrons. The first-order valence-electron chi connectivity index (χ1n) is 6.46. The zero-order valence-corrected chi connectivity index (χ0v) is 13.3. The van der Waals surface area contributed by atoms with Crippen molar-refractivity contribution in [1.82, 2.24) is 10.6 Å². The van der Waals surface area contributed by atoms with Gasteiger partial charge < -0.3 is 15.4 Å². The molecule has 0 spiro atoms. The Hall–Kier alpha value is -1.51. The van der Waals surface area contributed by atoms with Gasteiger partial charge in [0.05, 0.1) is 11.0 Å². The highest BCUT2D eigenvalue weighted by Gasteiger charge is 2.17. The van der Waals surface area contributed by atoms with Gasteiger partial charge in [-0.1, -0.05) is 25.0 Å². The van der Waals surface area contributed by atoms with Crippen LogP contribution in [0.15, 0.2) is 22.7 Å². The van der Waals surface area contributed by atoms with Crippen LogP contribution in [0.25, 0.3) is 0 Å². The third-order valence-electron chi connectivity index (χ3n) is 2.64. The second-order valence-corrected chi connectivity index (χ2v) is 5.04. The third-order valence-corrected chi connectivity index (χ3v) is 3.27. The van der Waals surface area contributed by atoms with Crippen LogP contribution >= 0.6 is 15.9 Å². The van der Waals surface area contributed by atoms with Gasteiger partial charge in [-0.05, 0) is 35.5 Å². The normalized spacial score (nSPS) is 11.5. The summed E-state index contributed by atoms with van der Waals surface area (Å²) in [5, 5.41) is 5.84. The van der Waals surface area contributed by atoms with Crippen molar-refractivity contribution in [2.45, 2.75) is 26.5 Å². The lowest BCUT2D eigenvalue weighted by Crippen LogP contribution is -2.36. The fraction of sp³-hybridized carbons (Fsp3) is 0.400. The van der Waals surface area contributed by atoms with Gasteiger partial charge in [0, 0.05) is 12.1 Å². The van der Waals surface area contributed by atoms with Crippen molar-refractivity contribution < 1.29 is 9.53 Å². The topological polar surface area (TPSA) is 50.4 Å². The predicted molar refractivity (Wildman–Crippen MR) is 83.5 cm³/mol. The van der Waals surface area contributed by atoms with Crippen LogP contribution in [-0.2, 0) is 11.3 Å². The molecule has 0 aromatic heterocycles. The van der Waals surface area contributed by atoms with Gasteiger partial charge in [0.1, 0.15) is 5.75 Å². The average Bonchev–Trinajstić information content (AvgIpc) is 2.45. The van der Waals surface area contributed by atoms with E-state index in [9.17, 15) is 4.79 Å². The molecule has 5 heteroatoms. The molecule has 20 heavy (non-hydrogen) atoms. The molecule has 2 N–H and O–H groups in total. The maximum absolute atomic E-state index is 11.8. The molecule has 0 aliphatic rings. The molecule has 1 aromatic rings. The summed E-state index contributed by atoms with van der Waals surface area (Å²) < 4.78 is 6.59. The minimum atomic E-state index is -0.609. The molecule has 1 atom stereocenters. The van der Waals surface area contributed by atoms with E-state index in [0.717, 1.165) is 16.6 Å². The number of para-hydroxylation sites is 1. The van der Waals surface area contributed by atoms with Crippen LogP contribution in [0.1, 0.15) is 19.4 Å². The number of hydrogen-bond donors (Lipinski definition) is 2. The quantitative estimate of drug-likeness (QED) is 0.748. The Morgan fingerprint density at radius 3 is 2.95 bits per heavy atom. The zero-order chi connectivity index (χ0) is 15.0. The van der Waals surface area contributed by atoms with Gasteiger partial charge in [-0.3, -0.25) is 4.79 Å². The number of ether oxygens (including phenoxy) is 1. The summed E-state index contributed by atoms with van der Waals surface area (Å²) >= 11 is 3.45. The SMILES string of the molecule is C#CCNC(=O)C(C)Oc1c(Br)cccc1CNCC. The molecule has 4 nitrogen and oxygen atoms in total. The maximum atomic E-state index is 11.8. The van der Waals surface area contributed by atoms with Crippen molar-refractivity contribution in [3.8, 4) is 18.1 Å². The van der Waals surface area contributed by atoms with E-state index in [-0.39, 0.29) is 12.5 Å². The summed E-state index contributed by atoms with van der Waals surface area (Å²) in [5.74, 6) is 2.81. The number of rotatable bonds is 7. The fourth-order valence-corrected chi connectivity index (χ4v) is 2.10. The Morgan fingerprint density at radius 1 is 1.55 bits per heavy atom. The van der Waals surface area contributed by atoms with Crippen LogP contribution in [0.4, 0.5) is 0 Å². The molecular weight excluding hydrogens is 320 g/mol. The summed E-state index contributed by atoms with van der Waals surface area (Å²) in [6, 6.07) is 5.79. The third kappa shape index (κ3) is 4.87. The van der Waals surface area contributed by atoms with Gasteiger partial charge in [-0.15, -0.1) is 6.42 Å². The van der Waals surface area contributed by atoms with Crippen molar-refractivity contribution in [3.63, 3.8) is 0 Å². The molecule has 0 bridgehead atoms. The minimum absolute atomic E-state index is 0.201. The maximum Gasteiger partial charge on any atom is 0.261 e. The largest absolute Gasteiger partial charge is 0.479 e. The molecule has 0 heterocycles. The van der Waals surface area contributed by atoms with Gasteiger partial charge >= 0.3 is 0 Å². The van der Waals surface area contributed by atoms with E-state index in [4.69, 9.17) is 11.2 Å². The Balaban J connectivity index is 2.80. The van der Waals surface area contributed by atoms with E-state index in [1.165, 1.54) is 0 Å². The van der Waals surface area contributed by atoms with Crippen LogP contribution < -0.4 is 15.4 Å². The van der Waals surface area contributed by atoms with Gasteiger partial charge in [-0.2, -0.15) is 0 Å². The molecule has 0 saturated heterocycles. The number of terminal acetylenes is 1. The molecule has 0 aliphatic heterocycles. The molecule has 1 unspecified atom stereocenters. The average molecular weight is 339 g/mol. The number of carbonyl (C=O) groups excluding carboxylic acids is 1. The van der Waals surface area contributed by atoms with E-state index < -0.39 is 6.10 Å². The van der Waals surface area contributed by atoms with Crippen LogP contribution in [0.2, 0.25) is 0 Å². The molecule has 1 amide bonds. The predicted octanol–water partition coefficient (Wildman–Crippen LogP) is 2.08. The highest BCUT2D eigenvalue weighted by molar-refractivity contribution is 9.10. The molecule has 0 saturated carbocycles. The summed E-state index contributed by atoms with van der Waals surface area (Å²) in [4.78, 5) is 11.8. The van der Waals surface area contributed by atoms with Gasteiger partial charge in [-0.25, -0.2) is 0 Å². The smallest absolute Gasteiger partial charge is 0.261 e. The zero-order valence-electron chi connectivity index (χ0n) is 11.7. The lowest BCUT2D eigenvalue weighted by atomic mass is 10.2. The van der Waals surface area contributed by atoms with Crippen molar-refractivity contribution in [2.75, 3.05) is 13.1 Å². The minimum Gasteiger partial charge on any atom is -0.479 e. The van der Waals surface area contributed by atoms with Crippen molar-refractivity contribution >= 4 is 21.8 Å². The molecular formula is C15H19BrN2O2. The molecule has 1 rings (SSSR count). The first-order valence-corrected chi connectivity index (χ1v) is 7.25. The van der Waals surface area contributed by atoms with Crippen LogP contribution in [0.3, 0.4) is 0 Å². The summed E-state index contributed by atoms with van der Waals surface area (Å²) in [7, 11) is 0. The summed E-state index contributed by atoms with van der Waals surface area (Å²) in [6.07, 6.45) is 4.50. The monoisotopic (exact) mass is 338 g/mol. The summed E-state index contributed by atoms with van der Waals surface area (Å²) in [5.41, 5.74) is 0.998. The van der Waals surface area contributed by atoms with Crippen LogP contribution in [-0.4, -0.2) is 25.1 Å². The highest BCUT2D eigenvalue weighted by Crippen LogP contribution is 2.30. The van der Waals surface area contributed by atoms with Gasteiger partial charge in [0.15, 0.2) is 6.10 Å². The van der Waals surface area contributed by atoms with Crippen molar-refractivity contribution in [3.05, 3.63) is 28.2 Å². The summed E-state index contributed by atoms with van der Waals surface area (Å²) in [6.45, 7) is 5.48. The van der Waals surface area contributed by atoms with Gasteiger partial charge in [0.25, 0.3) is 5.91 Å². The number of amides is 1. The first-order chi connectivity index (χ1) is 9.60. The van der Waals surface area contributed by atoms with E-state index in [0.29, 0.717) is 12.3 Å². The van der Waals surface area contributed by atoms with E-state index in [1.54, 1.807) is 6.92 Å². The number of nitrogens with one attached hydrogen (secondary N) is 2. The Kier molecular flexibility index (Phi) is 7.13. The van der Waals surface area contributed by atoms with Gasteiger partial charge in [0.2, 0.25) is 0 Å². The highest BCUT2D eigenvalue weighted by atomic mass is 79.9. The Labute approximate surface area is 128 Å².